The van der Waals surface area contributed by atoms with Gasteiger partial charge in [-0.05, 0) is 25.3 Å². The normalized spacial score (nSPS) is 13.4. The summed E-state index contributed by atoms with van der Waals surface area (Å²) >= 11 is 0. The molecular weight excluding hydrogens is 126 g/mol. The lowest BCUT2D eigenvalue weighted by Crippen LogP contribution is -2.07. The van der Waals surface area contributed by atoms with Crippen LogP contribution in [-0.2, 0) is 4.84 Å². The molecule has 0 aromatic carbocycles. The van der Waals surface area contributed by atoms with Gasteiger partial charge in [0, 0.05) is 7.05 Å². The highest BCUT2D eigenvalue weighted by molar-refractivity contribution is 5.05. The van der Waals surface area contributed by atoms with E-state index in [4.69, 9.17) is 4.84 Å². The minimum atomic E-state index is 0.563. The number of nitrogens with one attached hydrogen (secondary N) is 1. The Morgan fingerprint density at radius 3 is 2.10 bits per heavy atom. The molecule has 10 heavy (non-hydrogen) atoms. The van der Waals surface area contributed by atoms with Crippen molar-refractivity contribution in [1.29, 1.82) is 0 Å². The van der Waals surface area contributed by atoms with Gasteiger partial charge >= 0.3 is 0 Å². The second-order valence-electron chi connectivity index (χ2n) is 2.70. The molecule has 2 heteroatoms. The second kappa shape index (κ2) is 4.34. The molecule has 0 atom stereocenters. The van der Waals surface area contributed by atoms with E-state index >= 15 is 0 Å². The molecule has 0 aliphatic carbocycles. The van der Waals surface area contributed by atoms with Crippen LogP contribution in [0.25, 0.3) is 0 Å². The molecule has 0 radical (unpaired) electrons. The summed E-state index contributed by atoms with van der Waals surface area (Å²) < 4.78 is 0. The topological polar surface area (TPSA) is 21.3 Å². The Kier molecular flexibility index (Phi) is 4.12. The quantitative estimate of drug-likeness (QED) is 0.482. The number of hydrogen-bond donors (Lipinski definition) is 1. The van der Waals surface area contributed by atoms with E-state index < -0.39 is 0 Å². The lowest BCUT2D eigenvalue weighted by atomic mass is 10.0. The van der Waals surface area contributed by atoms with Crippen LogP contribution in [-0.4, -0.2) is 7.05 Å². The summed E-state index contributed by atoms with van der Waals surface area (Å²) in [7, 11) is 1.76. The molecule has 0 amide bonds. The van der Waals surface area contributed by atoms with Gasteiger partial charge in [-0.1, -0.05) is 13.8 Å². The predicted octanol–water partition coefficient (Wildman–Crippen LogP) is 2.09. The lowest BCUT2D eigenvalue weighted by molar-refractivity contribution is 0.123. The van der Waals surface area contributed by atoms with Gasteiger partial charge in [0.15, 0.2) is 0 Å². The highest BCUT2D eigenvalue weighted by Crippen LogP contribution is 2.13. The monoisotopic (exact) mass is 143 g/mol. The van der Waals surface area contributed by atoms with Crippen molar-refractivity contribution < 1.29 is 4.84 Å². The average Bonchev–Trinajstić information content (AvgIpc) is 1.87. The minimum absolute atomic E-state index is 0.563. The van der Waals surface area contributed by atoms with Gasteiger partial charge in [0.05, 0.1) is 0 Å². The van der Waals surface area contributed by atoms with Crippen molar-refractivity contribution in [3.63, 3.8) is 0 Å². The van der Waals surface area contributed by atoms with Crippen molar-refractivity contribution in [2.45, 2.75) is 27.7 Å². The van der Waals surface area contributed by atoms with Gasteiger partial charge in [-0.25, -0.2) is 0 Å². The Hall–Kier alpha value is -0.500. The van der Waals surface area contributed by atoms with Gasteiger partial charge in [0.2, 0.25) is 0 Å². The van der Waals surface area contributed by atoms with Gasteiger partial charge in [-0.15, -0.1) is 0 Å². The molecular formula is C8H17NO. The Bertz CT molecular complexity index is 127. The van der Waals surface area contributed by atoms with E-state index in [2.05, 4.69) is 26.3 Å². The molecule has 1 N–H and O–H groups in total. The molecule has 60 valence electrons. The van der Waals surface area contributed by atoms with Crippen LogP contribution in [0.15, 0.2) is 11.3 Å². The molecule has 0 saturated carbocycles. The largest absolute Gasteiger partial charge is 0.414 e. The van der Waals surface area contributed by atoms with E-state index in [-0.39, 0.29) is 0 Å². The van der Waals surface area contributed by atoms with Gasteiger partial charge in [0.1, 0.15) is 5.76 Å². The SMILES string of the molecule is CNO/C(C)=C(\C)C(C)C. The molecule has 0 spiro atoms. The van der Waals surface area contributed by atoms with Crippen molar-refractivity contribution in [1.82, 2.24) is 5.48 Å². The lowest BCUT2D eigenvalue weighted by Gasteiger charge is -2.10. The number of hydroxylamine groups is 1. The van der Waals surface area contributed by atoms with Crippen molar-refractivity contribution in [3.05, 3.63) is 11.3 Å². The molecule has 0 unspecified atom stereocenters. The third-order valence-corrected chi connectivity index (χ3v) is 1.68. The summed E-state index contributed by atoms with van der Waals surface area (Å²) in [4.78, 5) is 5.09. The smallest absolute Gasteiger partial charge is 0.120 e. The van der Waals surface area contributed by atoms with Gasteiger partial charge in [-0.3, -0.25) is 0 Å². The molecule has 0 rings (SSSR count). The zero-order valence-corrected chi connectivity index (χ0v) is 7.49. The fourth-order valence-corrected chi connectivity index (χ4v) is 0.640. The average molecular weight is 143 g/mol. The summed E-state index contributed by atoms with van der Waals surface area (Å²) in [5.41, 5.74) is 3.93. The van der Waals surface area contributed by atoms with E-state index in [1.54, 1.807) is 7.05 Å². The molecule has 0 aromatic heterocycles. The molecule has 0 aromatic rings. The van der Waals surface area contributed by atoms with Crippen LogP contribution in [0.4, 0.5) is 0 Å². The van der Waals surface area contributed by atoms with Crippen LogP contribution in [0.3, 0.4) is 0 Å². The standard InChI is InChI=1S/C8H17NO/c1-6(2)7(3)8(4)10-9-5/h6,9H,1-5H3/b8-7+. The van der Waals surface area contributed by atoms with Crippen LogP contribution in [0.2, 0.25) is 0 Å². The zero-order chi connectivity index (χ0) is 8.15. The fraction of sp³-hybridized carbons (Fsp3) is 0.750. The summed E-state index contributed by atoms with van der Waals surface area (Å²) in [6.07, 6.45) is 0. The summed E-state index contributed by atoms with van der Waals surface area (Å²) in [5, 5.41) is 0. The van der Waals surface area contributed by atoms with E-state index in [1.165, 1.54) is 5.57 Å². The van der Waals surface area contributed by atoms with Crippen molar-refractivity contribution >= 4 is 0 Å². The van der Waals surface area contributed by atoms with Crippen molar-refractivity contribution in [2.75, 3.05) is 7.05 Å². The Balaban J connectivity index is 4.05. The van der Waals surface area contributed by atoms with E-state index in [9.17, 15) is 0 Å². The summed E-state index contributed by atoms with van der Waals surface area (Å²) in [6, 6.07) is 0. The van der Waals surface area contributed by atoms with Crippen LogP contribution >= 0.6 is 0 Å². The first-order valence-electron chi connectivity index (χ1n) is 3.60. The van der Waals surface area contributed by atoms with E-state index in [1.807, 2.05) is 6.92 Å². The first kappa shape index (κ1) is 9.50. The maximum atomic E-state index is 5.09. The molecule has 0 heterocycles. The Morgan fingerprint density at radius 2 is 1.80 bits per heavy atom. The third-order valence-electron chi connectivity index (χ3n) is 1.68. The maximum absolute atomic E-state index is 5.09. The van der Waals surface area contributed by atoms with Crippen LogP contribution in [0, 0.1) is 5.92 Å². The number of rotatable bonds is 3. The summed E-state index contributed by atoms with van der Waals surface area (Å²) in [5.74, 6) is 1.53. The molecule has 2 nitrogen and oxygen atoms in total. The van der Waals surface area contributed by atoms with Crippen LogP contribution in [0.5, 0.6) is 0 Å². The van der Waals surface area contributed by atoms with Gasteiger partial charge in [-0.2, -0.15) is 5.48 Å². The third kappa shape index (κ3) is 2.87. The van der Waals surface area contributed by atoms with Gasteiger partial charge in [0.25, 0.3) is 0 Å². The molecule has 0 fully saturated rings. The molecule has 0 aliphatic heterocycles. The Morgan fingerprint density at radius 1 is 1.30 bits per heavy atom. The molecule has 0 bridgehead atoms. The van der Waals surface area contributed by atoms with Crippen molar-refractivity contribution in [2.24, 2.45) is 5.92 Å². The van der Waals surface area contributed by atoms with E-state index in [0.717, 1.165) is 5.76 Å². The van der Waals surface area contributed by atoms with Gasteiger partial charge < -0.3 is 4.84 Å². The molecule has 0 aliphatic rings. The summed E-state index contributed by atoms with van der Waals surface area (Å²) in [6.45, 7) is 8.35. The Labute approximate surface area is 63.2 Å². The highest BCUT2D eigenvalue weighted by Gasteiger charge is 2.01. The van der Waals surface area contributed by atoms with Crippen molar-refractivity contribution in [3.8, 4) is 0 Å². The zero-order valence-electron chi connectivity index (χ0n) is 7.49. The first-order valence-corrected chi connectivity index (χ1v) is 3.60. The number of hydrogen-bond acceptors (Lipinski definition) is 2. The first-order chi connectivity index (χ1) is 4.59. The van der Waals surface area contributed by atoms with Crippen LogP contribution in [0.1, 0.15) is 27.7 Å². The fourth-order valence-electron chi connectivity index (χ4n) is 0.640. The second-order valence-corrected chi connectivity index (χ2v) is 2.70. The minimum Gasteiger partial charge on any atom is -0.414 e. The highest BCUT2D eigenvalue weighted by atomic mass is 16.6. The number of allylic oxidation sites excluding steroid dienone is 2. The van der Waals surface area contributed by atoms with Crippen LogP contribution < -0.4 is 5.48 Å². The van der Waals surface area contributed by atoms with E-state index in [0.29, 0.717) is 5.92 Å². The maximum Gasteiger partial charge on any atom is 0.120 e. The predicted molar refractivity (Wildman–Crippen MR) is 43.4 cm³/mol. The molecule has 0 saturated heterocycles.